The Labute approximate surface area is 124 Å². The summed E-state index contributed by atoms with van der Waals surface area (Å²) in [5.41, 5.74) is 1.04. The molecule has 2 aromatic rings. The lowest BCUT2D eigenvalue weighted by molar-refractivity contribution is -0.117. The zero-order chi connectivity index (χ0) is 14.2. The molecule has 2 aromatic carbocycles. The summed E-state index contributed by atoms with van der Waals surface area (Å²) in [5.74, 6) is 2.80. The summed E-state index contributed by atoms with van der Waals surface area (Å²) in [6.45, 7) is 0. The van der Waals surface area contributed by atoms with Gasteiger partial charge in [-0.15, -0.1) is 24.1 Å². The van der Waals surface area contributed by atoms with Gasteiger partial charge in [0.25, 0.3) is 0 Å². The summed E-state index contributed by atoms with van der Waals surface area (Å²) in [6.07, 6.45) is 6.30. The van der Waals surface area contributed by atoms with Gasteiger partial charge in [0.05, 0.1) is 5.25 Å². The molecule has 0 aliphatic carbocycles. The molecule has 0 bridgehead atoms. The van der Waals surface area contributed by atoms with Crippen LogP contribution >= 0.6 is 11.8 Å². The van der Waals surface area contributed by atoms with Crippen molar-refractivity contribution in [3.8, 4) is 12.3 Å². The molecule has 20 heavy (non-hydrogen) atoms. The Morgan fingerprint density at radius 1 is 1.05 bits per heavy atom. The monoisotopic (exact) mass is 280 g/mol. The number of benzene rings is 2. The number of ketones is 1. The van der Waals surface area contributed by atoms with Gasteiger partial charge in [-0.1, -0.05) is 48.5 Å². The molecule has 1 nitrogen and oxygen atoms in total. The van der Waals surface area contributed by atoms with Gasteiger partial charge in [0.1, 0.15) is 0 Å². The fraction of sp³-hybridized carbons (Fsp3) is 0.167. The van der Waals surface area contributed by atoms with Crippen LogP contribution in [0.25, 0.3) is 0 Å². The Bertz CT molecular complexity index is 584. The normalized spacial score (nSPS) is 11.6. The molecule has 0 saturated carbocycles. The SMILES string of the molecule is C#CCC(Sc1ccccc1)C(=O)Cc1ccccc1. The lowest BCUT2D eigenvalue weighted by atomic mass is 10.1. The van der Waals surface area contributed by atoms with Crippen molar-refractivity contribution < 1.29 is 4.79 Å². The van der Waals surface area contributed by atoms with E-state index in [1.54, 1.807) is 11.8 Å². The third kappa shape index (κ3) is 4.29. The molecule has 0 aromatic heterocycles. The highest BCUT2D eigenvalue weighted by Gasteiger charge is 2.18. The fourth-order valence-corrected chi connectivity index (χ4v) is 2.94. The van der Waals surface area contributed by atoms with Gasteiger partial charge in [0, 0.05) is 17.7 Å². The van der Waals surface area contributed by atoms with Crippen molar-refractivity contribution in [2.45, 2.75) is 23.0 Å². The van der Waals surface area contributed by atoms with Crippen molar-refractivity contribution >= 4 is 17.5 Å². The Balaban J connectivity index is 2.05. The average Bonchev–Trinajstić information content (AvgIpc) is 2.49. The van der Waals surface area contributed by atoms with Crippen LogP contribution in [0.3, 0.4) is 0 Å². The minimum Gasteiger partial charge on any atom is -0.298 e. The van der Waals surface area contributed by atoms with E-state index in [2.05, 4.69) is 5.92 Å². The van der Waals surface area contributed by atoms with Crippen LogP contribution in [0.5, 0.6) is 0 Å². The van der Waals surface area contributed by atoms with Gasteiger partial charge in [0.2, 0.25) is 0 Å². The second-order valence-corrected chi connectivity index (χ2v) is 5.73. The van der Waals surface area contributed by atoms with Crippen molar-refractivity contribution in [1.29, 1.82) is 0 Å². The van der Waals surface area contributed by atoms with E-state index >= 15 is 0 Å². The van der Waals surface area contributed by atoms with E-state index in [1.165, 1.54) is 0 Å². The molecular weight excluding hydrogens is 264 g/mol. The summed E-state index contributed by atoms with van der Waals surface area (Å²) in [4.78, 5) is 13.5. The van der Waals surface area contributed by atoms with Crippen LogP contribution in [-0.4, -0.2) is 11.0 Å². The standard InChI is InChI=1S/C18H16OS/c1-2-9-18(20-16-12-7-4-8-13-16)17(19)14-15-10-5-3-6-11-15/h1,3-8,10-13,18H,9,14H2. The molecule has 1 unspecified atom stereocenters. The van der Waals surface area contributed by atoms with Crippen LogP contribution in [0.2, 0.25) is 0 Å². The summed E-state index contributed by atoms with van der Waals surface area (Å²) in [7, 11) is 0. The van der Waals surface area contributed by atoms with Crippen LogP contribution in [0.4, 0.5) is 0 Å². The molecule has 0 heterocycles. The first kappa shape index (κ1) is 14.4. The summed E-state index contributed by atoms with van der Waals surface area (Å²) < 4.78 is 0. The summed E-state index contributed by atoms with van der Waals surface area (Å²) in [6, 6.07) is 19.7. The molecule has 2 rings (SSSR count). The molecule has 0 aliphatic rings. The smallest absolute Gasteiger partial charge is 0.151 e. The minimum absolute atomic E-state index is 0.178. The number of terminal acetylenes is 1. The van der Waals surface area contributed by atoms with Crippen LogP contribution in [0.1, 0.15) is 12.0 Å². The third-order valence-electron chi connectivity index (χ3n) is 2.91. The van der Waals surface area contributed by atoms with Gasteiger partial charge in [-0.3, -0.25) is 4.79 Å². The zero-order valence-corrected chi connectivity index (χ0v) is 12.0. The van der Waals surface area contributed by atoms with Crippen molar-refractivity contribution in [3.05, 3.63) is 66.2 Å². The highest BCUT2D eigenvalue weighted by molar-refractivity contribution is 8.00. The lowest BCUT2D eigenvalue weighted by Gasteiger charge is -2.13. The summed E-state index contributed by atoms with van der Waals surface area (Å²) in [5, 5.41) is -0.178. The zero-order valence-electron chi connectivity index (χ0n) is 11.2. The Hall–Kier alpha value is -1.98. The first-order chi connectivity index (χ1) is 9.79. The molecule has 100 valence electrons. The molecule has 0 N–H and O–H groups in total. The summed E-state index contributed by atoms with van der Waals surface area (Å²) >= 11 is 1.55. The first-order valence-corrected chi connectivity index (χ1v) is 7.39. The number of thioether (sulfide) groups is 1. The highest BCUT2D eigenvalue weighted by Crippen LogP contribution is 2.26. The first-order valence-electron chi connectivity index (χ1n) is 6.51. The maximum Gasteiger partial charge on any atom is 0.151 e. The molecule has 0 aliphatic heterocycles. The van der Waals surface area contributed by atoms with Crippen LogP contribution in [-0.2, 0) is 11.2 Å². The molecule has 0 radical (unpaired) electrons. The van der Waals surface area contributed by atoms with E-state index in [-0.39, 0.29) is 11.0 Å². The molecule has 1 atom stereocenters. The van der Waals surface area contributed by atoms with E-state index in [9.17, 15) is 4.79 Å². The fourth-order valence-electron chi connectivity index (χ4n) is 1.90. The van der Waals surface area contributed by atoms with E-state index < -0.39 is 0 Å². The van der Waals surface area contributed by atoms with E-state index in [0.29, 0.717) is 12.8 Å². The molecule has 2 heteroatoms. The molecule has 0 saturated heterocycles. The highest BCUT2D eigenvalue weighted by atomic mass is 32.2. The maximum absolute atomic E-state index is 12.4. The molecule has 0 fully saturated rings. The Morgan fingerprint density at radius 2 is 1.65 bits per heavy atom. The van der Waals surface area contributed by atoms with E-state index in [1.807, 2.05) is 60.7 Å². The van der Waals surface area contributed by atoms with Crippen molar-refractivity contribution in [2.24, 2.45) is 0 Å². The molecular formula is C18H16OS. The van der Waals surface area contributed by atoms with Gasteiger partial charge < -0.3 is 0 Å². The molecule has 0 amide bonds. The predicted molar refractivity (Wildman–Crippen MR) is 84.7 cm³/mol. The van der Waals surface area contributed by atoms with Gasteiger partial charge >= 0.3 is 0 Å². The van der Waals surface area contributed by atoms with Gasteiger partial charge in [0.15, 0.2) is 5.78 Å². The van der Waals surface area contributed by atoms with Crippen molar-refractivity contribution in [2.75, 3.05) is 0 Å². The lowest BCUT2D eigenvalue weighted by Crippen LogP contribution is -2.19. The number of carbonyl (C=O) groups excluding carboxylic acids is 1. The van der Waals surface area contributed by atoms with Crippen LogP contribution in [0.15, 0.2) is 65.6 Å². The van der Waals surface area contributed by atoms with Crippen LogP contribution in [0, 0.1) is 12.3 Å². The van der Waals surface area contributed by atoms with Gasteiger partial charge in [-0.05, 0) is 17.7 Å². The van der Waals surface area contributed by atoms with E-state index in [4.69, 9.17) is 6.42 Å². The van der Waals surface area contributed by atoms with Crippen LogP contribution < -0.4 is 0 Å². The molecule has 0 spiro atoms. The number of hydrogen-bond donors (Lipinski definition) is 0. The quantitative estimate of drug-likeness (QED) is 0.588. The Morgan fingerprint density at radius 3 is 2.25 bits per heavy atom. The van der Waals surface area contributed by atoms with Gasteiger partial charge in [-0.2, -0.15) is 0 Å². The average molecular weight is 280 g/mol. The number of hydrogen-bond acceptors (Lipinski definition) is 2. The largest absolute Gasteiger partial charge is 0.298 e. The predicted octanol–water partition coefficient (Wildman–Crippen LogP) is 3.98. The van der Waals surface area contributed by atoms with Crippen molar-refractivity contribution in [1.82, 2.24) is 0 Å². The Kier molecular flexibility index (Phi) is 5.46. The second-order valence-electron chi connectivity index (χ2n) is 4.46. The maximum atomic E-state index is 12.4. The number of rotatable bonds is 6. The second kappa shape index (κ2) is 7.57. The topological polar surface area (TPSA) is 17.1 Å². The van der Waals surface area contributed by atoms with Crippen molar-refractivity contribution in [3.63, 3.8) is 0 Å². The van der Waals surface area contributed by atoms with Gasteiger partial charge in [-0.25, -0.2) is 0 Å². The van der Waals surface area contributed by atoms with E-state index in [0.717, 1.165) is 10.5 Å². The minimum atomic E-state index is -0.178. The number of carbonyl (C=O) groups is 1. The number of Topliss-reactive ketones (excluding diaryl/α,β-unsaturated/α-hetero) is 1. The third-order valence-corrected chi connectivity index (χ3v) is 4.16.